The molecule has 0 atom stereocenters. The van der Waals surface area contributed by atoms with E-state index in [1.165, 1.54) is 44.1 Å². The van der Waals surface area contributed by atoms with Crippen LogP contribution in [0.4, 0.5) is 0 Å². The Bertz CT molecular complexity index is 369. The molecule has 1 aromatic heterocycles. The van der Waals surface area contributed by atoms with Crippen LogP contribution in [0.25, 0.3) is 0 Å². The van der Waals surface area contributed by atoms with Gasteiger partial charge in [0.05, 0.1) is 0 Å². The number of pyridine rings is 1. The summed E-state index contributed by atoms with van der Waals surface area (Å²) in [6, 6.07) is 4.23. The van der Waals surface area contributed by atoms with Gasteiger partial charge in [-0.25, -0.2) is 0 Å². The molecule has 2 rings (SSSR count). The summed E-state index contributed by atoms with van der Waals surface area (Å²) in [6.07, 6.45) is 11.8. The smallest absolute Gasteiger partial charge is 0.0271 e. The highest BCUT2D eigenvalue weighted by molar-refractivity contribution is 5.09. The van der Waals surface area contributed by atoms with E-state index in [-0.39, 0.29) is 0 Å². The number of aromatic nitrogens is 1. The third kappa shape index (κ3) is 4.29. The predicted molar refractivity (Wildman–Crippen MR) is 84.4 cm³/mol. The summed E-state index contributed by atoms with van der Waals surface area (Å²) in [6.45, 7) is 6.33. The Morgan fingerprint density at radius 3 is 2.35 bits per heavy atom. The number of nitrogens with zero attached hydrogens (tertiary/aromatic N) is 2. The van der Waals surface area contributed by atoms with Crippen molar-refractivity contribution in [1.29, 1.82) is 0 Å². The Morgan fingerprint density at radius 2 is 1.80 bits per heavy atom. The van der Waals surface area contributed by atoms with Crippen molar-refractivity contribution in [2.24, 2.45) is 11.1 Å². The predicted octanol–water partition coefficient (Wildman–Crippen LogP) is 3.20. The molecule has 1 aromatic rings. The zero-order valence-corrected chi connectivity index (χ0v) is 12.9. The summed E-state index contributed by atoms with van der Waals surface area (Å²) in [5.74, 6) is 0. The molecule has 0 amide bonds. The van der Waals surface area contributed by atoms with Crippen molar-refractivity contribution in [2.45, 2.75) is 52.0 Å². The third-order valence-corrected chi connectivity index (χ3v) is 4.76. The van der Waals surface area contributed by atoms with Gasteiger partial charge in [0.2, 0.25) is 0 Å². The minimum atomic E-state index is 0.347. The van der Waals surface area contributed by atoms with Gasteiger partial charge in [0.1, 0.15) is 0 Å². The van der Waals surface area contributed by atoms with Gasteiger partial charge in [0.25, 0.3) is 0 Å². The van der Waals surface area contributed by atoms with Crippen LogP contribution in [0.3, 0.4) is 0 Å². The molecule has 3 nitrogen and oxygen atoms in total. The molecule has 3 heteroatoms. The van der Waals surface area contributed by atoms with E-state index >= 15 is 0 Å². The van der Waals surface area contributed by atoms with Gasteiger partial charge in [-0.05, 0) is 49.0 Å². The fraction of sp³-hybridized carbons (Fsp3) is 0.706. The molecule has 1 heterocycles. The summed E-state index contributed by atoms with van der Waals surface area (Å²) in [7, 11) is 0. The molecule has 20 heavy (non-hydrogen) atoms. The summed E-state index contributed by atoms with van der Waals surface area (Å²) in [5.41, 5.74) is 7.86. The van der Waals surface area contributed by atoms with E-state index in [0.717, 1.165) is 26.2 Å². The lowest BCUT2D eigenvalue weighted by atomic mass is 9.80. The van der Waals surface area contributed by atoms with Crippen LogP contribution in [0.1, 0.15) is 51.0 Å². The SMILES string of the molecule is CCN(Cc1ccncc1)CC1(CN)CCCCCC1. The molecule has 0 aliphatic heterocycles. The van der Waals surface area contributed by atoms with Crippen molar-refractivity contribution in [2.75, 3.05) is 19.6 Å². The molecular formula is C17H29N3. The fourth-order valence-corrected chi connectivity index (χ4v) is 3.41. The highest BCUT2D eigenvalue weighted by atomic mass is 15.1. The Morgan fingerprint density at radius 1 is 1.15 bits per heavy atom. The zero-order valence-electron chi connectivity index (χ0n) is 12.9. The number of hydrogen-bond donors (Lipinski definition) is 1. The van der Waals surface area contributed by atoms with E-state index in [9.17, 15) is 0 Å². The lowest BCUT2D eigenvalue weighted by molar-refractivity contribution is 0.135. The van der Waals surface area contributed by atoms with Gasteiger partial charge in [-0.1, -0.05) is 32.6 Å². The average Bonchev–Trinajstić information content (AvgIpc) is 2.74. The van der Waals surface area contributed by atoms with E-state index in [2.05, 4.69) is 28.9 Å². The van der Waals surface area contributed by atoms with Gasteiger partial charge in [-0.3, -0.25) is 9.88 Å². The van der Waals surface area contributed by atoms with Crippen molar-refractivity contribution in [3.05, 3.63) is 30.1 Å². The summed E-state index contributed by atoms with van der Waals surface area (Å²) < 4.78 is 0. The molecule has 0 aromatic carbocycles. The van der Waals surface area contributed by atoms with E-state index in [1.807, 2.05) is 12.4 Å². The summed E-state index contributed by atoms with van der Waals surface area (Å²) >= 11 is 0. The first kappa shape index (κ1) is 15.5. The van der Waals surface area contributed by atoms with Gasteiger partial charge in [0.15, 0.2) is 0 Å². The number of nitrogens with two attached hydrogens (primary N) is 1. The van der Waals surface area contributed by atoms with E-state index in [1.54, 1.807) is 0 Å². The molecule has 0 bridgehead atoms. The first-order valence-electron chi connectivity index (χ1n) is 8.09. The molecule has 1 fully saturated rings. The quantitative estimate of drug-likeness (QED) is 0.811. The molecule has 1 aliphatic carbocycles. The van der Waals surface area contributed by atoms with Crippen LogP contribution in [-0.2, 0) is 6.54 Å². The fourth-order valence-electron chi connectivity index (χ4n) is 3.41. The maximum absolute atomic E-state index is 6.17. The van der Waals surface area contributed by atoms with Crippen LogP contribution in [0.5, 0.6) is 0 Å². The number of hydrogen-bond acceptors (Lipinski definition) is 3. The molecule has 112 valence electrons. The molecule has 0 saturated heterocycles. The Balaban J connectivity index is 1.99. The van der Waals surface area contributed by atoms with Gasteiger partial charge in [-0.2, -0.15) is 0 Å². The largest absolute Gasteiger partial charge is 0.330 e. The van der Waals surface area contributed by atoms with Crippen molar-refractivity contribution in [3.63, 3.8) is 0 Å². The normalized spacial score (nSPS) is 18.9. The van der Waals surface area contributed by atoms with Crippen LogP contribution < -0.4 is 5.73 Å². The standard InChI is InChI=1S/C17H29N3/c1-2-20(13-16-7-11-19-12-8-16)15-17(14-18)9-5-3-4-6-10-17/h7-8,11-12H,2-6,9-10,13-15,18H2,1H3. The molecular weight excluding hydrogens is 246 g/mol. The molecule has 1 saturated carbocycles. The molecule has 1 aliphatic rings. The second-order valence-electron chi connectivity index (χ2n) is 6.28. The van der Waals surface area contributed by atoms with Crippen molar-refractivity contribution in [1.82, 2.24) is 9.88 Å². The topological polar surface area (TPSA) is 42.2 Å². The van der Waals surface area contributed by atoms with Crippen LogP contribution in [-0.4, -0.2) is 29.5 Å². The van der Waals surface area contributed by atoms with Crippen LogP contribution in [0.15, 0.2) is 24.5 Å². The van der Waals surface area contributed by atoms with Crippen molar-refractivity contribution < 1.29 is 0 Å². The number of rotatable bonds is 6. The van der Waals surface area contributed by atoms with Gasteiger partial charge in [-0.15, -0.1) is 0 Å². The molecule has 0 spiro atoms. The Hall–Kier alpha value is -0.930. The zero-order chi connectivity index (χ0) is 14.3. The minimum Gasteiger partial charge on any atom is -0.330 e. The molecule has 2 N–H and O–H groups in total. The average molecular weight is 275 g/mol. The minimum absolute atomic E-state index is 0.347. The van der Waals surface area contributed by atoms with Crippen LogP contribution in [0.2, 0.25) is 0 Å². The van der Waals surface area contributed by atoms with Crippen LogP contribution in [0, 0.1) is 5.41 Å². The van der Waals surface area contributed by atoms with Crippen molar-refractivity contribution in [3.8, 4) is 0 Å². The Labute approximate surface area is 123 Å². The monoisotopic (exact) mass is 275 g/mol. The molecule has 0 unspecified atom stereocenters. The van der Waals surface area contributed by atoms with Gasteiger partial charge < -0.3 is 5.73 Å². The second-order valence-corrected chi connectivity index (χ2v) is 6.28. The maximum Gasteiger partial charge on any atom is 0.0271 e. The first-order chi connectivity index (χ1) is 9.78. The van der Waals surface area contributed by atoms with E-state index in [0.29, 0.717) is 5.41 Å². The van der Waals surface area contributed by atoms with Gasteiger partial charge in [0, 0.05) is 25.5 Å². The van der Waals surface area contributed by atoms with Gasteiger partial charge >= 0.3 is 0 Å². The maximum atomic E-state index is 6.17. The summed E-state index contributed by atoms with van der Waals surface area (Å²) in [4.78, 5) is 6.65. The third-order valence-electron chi connectivity index (χ3n) is 4.76. The lowest BCUT2D eigenvalue weighted by Gasteiger charge is -2.37. The van der Waals surface area contributed by atoms with E-state index < -0.39 is 0 Å². The highest BCUT2D eigenvalue weighted by Crippen LogP contribution is 2.35. The van der Waals surface area contributed by atoms with E-state index in [4.69, 9.17) is 5.73 Å². The van der Waals surface area contributed by atoms with Crippen molar-refractivity contribution >= 4 is 0 Å². The first-order valence-corrected chi connectivity index (χ1v) is 8.09. The Kier molecular flexibility index (Phi) is 5.99. The second kappa shape index (κ2) is 7.75. The van der Waals surface area contributed by atoms with Crippen LogP contribution >= 0.6 is 0 Å². The molecule has 0 radical (unpaired) electrons. The summed E-state index contributed by atoms with van der Waals surface area (Å²) in [5, 5.41) is 0. The highest BCUT2D eigenvalue weighted by Gasteiger charge is 2.31. The lowest BCUT2D eigenvalue weighted by Crippen LogP contribution is -2.42.